The fraction of sp³-hybridized carbons (Fsp3) is 0.927. The van der Waals surface area contributed by atoms with Crippen molar-refractivity contribution in [1.29, 1.82) is 0 Å². The Morgan fingerprint density at radius 3 is 1.17 bits per heavy atom. The third kappa shape index (κ3) is 64.4. The summed E-state index contributed by atoms with van der Waals surface area (Å²) in [6.07, 6.45) is 48.9. The summed E-state index contributed by atoms with van der Waals surface area (Å²) in [5.74, 6) is 0.0461. The monoisotopic (exact) mass is 909 g/mol. The number of aliphatic carboxylic acids is 1. The Kier molecular flexibility index (Phi) is 61.4. The van der Waals surface area contributed by atoms with Crippen molar-refractivity contribution in [2.24, 2.45) is 11.5 Å². The SMILES string of the molecule is CCCCCCCCCC(=O)O.CCCCCCCCCC(C)=O.CCCCCCCCCCCCCCCC(=O)NCCCC[C@@H](N)C(=O)CCCCCCCCCNCCCN. The average molecular weight is 910 g/mol. The van der Waals surface area contributed by atoms with Crippen LogP contribution in [-0.4, -0.2) is 60.8 Å². The molecule has 0 saturated carbocycles. The highest BCUT2D eigenvalue weighted by Crippen LogP contribution is 2.14. The number of hydrogen-bond acceptors (Lipinski definition) is 7. The predicted molar refractivity (Wildman–Crippen MR) is 277 cm³/mol. The van der Waals surface area contributed by atoms with Gasteiger partial charge in [0.2, 0.25) is 5.91 Å². The van der Waals surface area contributed by atoms with Crippen molar-refractivity contribution in [3.05, 3.63) is 0 Å². The number of carbonyl (C=O) groups excluding carboxylic acids is 3. The molecule has 0 aliphatic carbocycles. The summed E-state index contributed by atoms with van der Waals surface area (Å²) in [7, 11) is 0. The van der Waals surface area contributed by atoms with Crippen molar-refractivity contribution in [1.82, 2.24) is 10.6 Å². The number of ketones is 2. The number of carbonyl (C=O) groups is 4. The van der Waals surface area contributed by atoms with E-state index >= 15 is 0 Å². The van der Waals surface area contributed by atoms with Crippen LogP contribution in [0, 0.1) is 0 Å². The number of unbranched alkanes of at least 4 members (excludes halogenated alkanes) is 31. The maximum Gasteiger partial charge on any atom is 0.303 e. The molecular weight excluding hydrogens is 797 g/mol. The van der Waals surface area contributed by atoms with E-state index in [1.54, 1.807) is 6.92 Å². The van der Waals surface area contributed by atoms with Gasteiger partial charge in [-0.15, -0.1) is 0 Å². The van der Waals surface area contributed by atoms with Gasteiger partial charge >= 0.3 is 5.97 Å². The Labute approximate surface area is 398 Å². The summed E-state index contributed by atoms with van der Waals surface area (Å²) in [6, 6.07) is -0.340. The molecule has 0 aliphatic rings. The third-order valence-corrected chi connectivity index (χ3v) is 12.1. The lowest BCUT2D eigenvalue weighted by Crippen LogP contribution is -2.30. The fourth-order valence-corrected chi connectivity index (χ4v) is 7.80. The predicted octanol–water partition coefficient (Wildman–Crippen LogP) is 14.6. The highest BCUT2D eigenvalue weighted by atomic mass is 16.4. The van der Waals surface area contributed by atoms with Crippen molar-refractivity contribution in [3.63, 3.8) is 0 Å². The standard InChI is InChI=1S/C34H70N4O2.C11H22O.C10H20O2/c1-2-3-4-5-6-7-8-9-10-11-14-17-20-27-34(40)38-31-23-21-25-32(36)33(39)26-19-16-13-12-15-18-22-29-37-30-24-28-35;1-3-4-5-6-7-8-9-10-11(2)12;1-2-3-4-5-6-7-8-9-10(11)12/h32,37H,2-31,35-36H2,1H3,(H,38,40);3-10H2,1-2H3;2-9H2,1H3,(H,11,12)/t32-;;/m1../s1. The lowest BCUT2D eigenvalue weighted by molar-refractivity contribution is -0.137. The van der Waals surface area contributed by atoms with E-state index in [4.69, 9.17) is 16.6 Å². The second-order valence-corrected chi connectivity index (χ2v) is 18.9. The van der Waals surface area contributed by atoms with Gasteiger partial charge in [0.15, 0.2) is 0 Å². The molecule has 0 unspecified atom stereocenters. The van der Waals surface area contributed by atoms with Gasteiger partial charge in [0.1, 0.15) is 11.6 Å². The Morgan fingerprint density at radius 2 is 0.766 bits per heavy atom. The van der Waals surface area contributed by atoms with Crippen LogP contribution in [0.3, 0.4) is 0 Å². The van der Waals surface area contributed by atoms with Crippen LogP contribution in [0.5, 0.6) is 0 Å². The van der Waals surface area contributed by atoms with Gasteiger partial charge in [0.25, 0.3) is 0 Å². The van der Waals surface area contributed by atoms with E-state index in [0.717, 1.165) is 96.7 Å². The molecule has 382 valence electrons. The zero-order chi connectivity index (χ0) is 47.8. The first kappa shape index (κ1) is 66.4. The molecule has 0 aliphatic heterocycles. The van der Waals surface area contributed by atoms with E-state index in [-0.39, 0.29) is 17.7 Å². The number of hydrogen-bond donors (Lipinski definition) is 5. The highest BCUT2D eigenvalue weighted by Gasteiger charge is 2.12. The molecule has 9 heteroatoms. The zero-order valence-electron chi connectivity index (χ0n) is 43.3. The minimum atomic E-state index is -0.663. The molecular formula is C55H112N4O5. The van der Waals surface area contributed by atoms with Crippen LogP contribution in [0.15, 0.2) is 0 Å². The van der Waals surface area contributed by atoms with Crippen LogP contribution < -0.4 is 22.1 Å². The van der Waals surface area contributed by atoms with Gasteiger partial charge < -0.3 is 32.0 Å². The summed E-state index contributed by atoms with van der Waals surface area (Å²) in [6.45, 7) is 12.0. The molecule has 0 fully saturated rings. The molecule has 0 heterocycles. The third-order valence-electron chi connectivity index (χ3n) is 12.1. The van der Waals surface area contributed by atoms with E-state index in [9.17, 15) is 19.2 Å². The number of nitrogens with one attached hydrogen (secondary N) is 2. The summed E-state index contributed by atoms with van der Waals surface area (Å²) in [5.41, 5.74) is 11.6. The molecule has 0 radical (unpaired) electrons. The van der Waals surface area contributed by atoms with E-state index in [0.29, 0.717) is 31.6 Å². The molecule has 0 aromatic heterocycles. The Balaban J connectivity index is -0.00000125. The molecule has 9 nitrogen and oxygen atoms in total. The van der Waals surface area contributed by atoms with Crippen molar-refractivity contribution in [3.8, 4) is 0 Å². The second kappa shape index (κ2) is 59.2. The van der Waals surface area contributed by atoms with Gasteiger partial charge in [-0.3, -0.25) is 14.4 Å². The van der Waals surface area contributed by atoms with Gasteiger partial charge in [-0.2, -0.15) is 0 Å². The van der Waals surface area contributed by atoms with Crippen LogP contribution >= 0.6 is 0 Å². The topological polar surface area (TPSA) is 165 Å². The van der Waals surface area contributed by atoms with E-state index in [2.05, 4.69) is 31.4 Å². The summed E-state index contributed by atoms with van der Waals surface area (Å²) < 4.78 is 0. The largest absolute Gasteiger partial charge is 0.481 e. The molecule has 0 bridgehead atoms. The zero-order valence-corrected chi connectivity index (χ0v) is 43.3. The van der Waals surface area contributed by atoms with E-state index in [1.807, 2.05) is 0 Å². The van der Waals surface area contributed by atoms with Crippen LogP contribution in [0.4, 0.5) is 0 Å². The smallest absolute Gasteiger partial charge is 0.303 e. The Bertz CT molecular complexity index is 937. The van der Waals surface area contributed by atoms with Crippen molar-refractivity contribution >= 4 is 23.4 Å². The maximum absolute atomic E-state index is 12.3. The maximum atomic E-state index is 12.3. The first-order chi connectivity index (χ1) is 31.2. The number of Topliss-reactive ketones (excluding diaryl/α,β-unsaturated/α-hetero) is 2. The minimum Gasteiger partial charge on any atom is -0.481 e. The second-order valence-electron chi connectivity index (χ2n) is 18.9. The first-order valence-corrected chi connectivity index (χ1v) is 27.8. The molecule has 0 aromatic rings. The summed E-state index contributed by atoms with van der Waals surface area (Å²) >= 11 is 0. The number of amides is 1. The normalized spacial score (nSPS) is 11.3. The highest BCUT2D eigenvalue weighted by molar-refractivity contribution is 5.83. The lowest BCUT2D eigenvalue weighted by atomic mass is 10.0. The fourth-order valence-electron chi connectivity index (χ4n) is 7.80. The Morgan fingerprint density at radius 1 is 0.422 bits per heavy atom. The van der Waals surface area contributed by atoms with Crippen LogP contribution in [0.25, 0.3) is 0 Å². The molecule has 0 rings (SSSR count). The lowest BCUT2D eigenvalue weighted by Gasteiger charge is -2.11. The van der Waals surface area contributed by atoms with Crippen LogP contribution in [-0.2, 0) is 19.2 Å². The minimum absolute atomic E-state index is 0.169. The number of nitrogens with two attached hydrogens (primary N) is 2. The number of carboxylic acid groups (broad SMARTS) is 1. The summed E-state index contributed by atoms with van der Waals surface area (Å²) in [5, 5.41) is 14.8. The van der Waals surface area contributed by atoms with Gasteiger partial charge in [-0.25, -0.2) is 0 Å². The van der Waals surface area contributed by atoms with Gasteiger partial charge in [0.05, 0.1) is 6.04 Å². The van der Waals surface area contributed by atoms with Crippen LogP contribution in [0.1, 0.15) is 297 Å². The molecule has 0 spiro atoms. The molecule has 1 atom stereocenters. The van der Waals surface area contributed by atoms with E-state index < -0.39 is 5.97 Å². The quantitative estimate of drug-likeness (QED) is 0.0377. The van der Waals surface area contributed by atoms with Crippen LogP contribution in [0.2, 0.25) is 0 Å². The molecule has 0 aromatic carbocycles. The molecule has 0 saturated heterocycles. The van der Waals surface area contributed by atoms with Gasteiger partial charge in [0, 0.05) is 32.2 Å². The summed E-state index contributed by atoms with van der Waals surface area (Å²) in [4.78, 5) is 45.1. The van der Waals surface area contributed by atoms with Gasteiger partial charge in [-0.05, 0) is 84.3 Å². The molecule has 64 heavy (non-hydrogen) atoms. The number of rotatable bonds is 49. The molecule has 1 amide bonds. The Hall–Kier alpha value is -1.84. The molecule has 7 N–H and O–H groups in total. The first-order valence-electron chi connectivity index (χ1n) is 27.8. The van der Waals surface area contributed by atoms with Crippen molar-refractivity contribution in [2.45, 2.75) is 303 Å². The average Bonchev–Trinajstić information content (AvgIpc) is 3.27. The van der Waals surface area contributed by atoms with Gasteiger partial charge in [-0.1, -0.05) is 207 Å². The number of carboxylic acids is 1. The van der Waals surface area contributed by atoms with E-state index in [1.165, 1.54) is 173 Å². The van der Waals surface area contributed by atoms with Crippen molar-refractivity contribution in [2.75, 3.05) is 26.2 Å². The van der Waals surface area contributed by atoms with Crippen molar-refractivity contribution < 1.29 is 24.3 Å².